The van der Waals surface area contributed by atoms with Gasteiger partial charge in [-0.3, -0.25) is 10.2 Å². The molecular formula is C21H25N3O2S. The zero-order valence-electron chi connectivity index (χ0n) is 15.5. The summed E-state index contributed by atoms with van der Waals surface area (Å²) in [5.41, 5.74) is 3.98. The molecule has 0 atom stereocenters. The molecular weight excluding hydrogens is 358 g/mol. The topological polar surface area (TPSA) is 62.7 Å². The van der Waals surface area contributed by atoms with E-state index >= 15 is 0 Å². The molecule has 6 heteroatoms. The molecule has 27 heavy (non-hydrogen) atoms. The van der Waals surface area contributed by atoms with Gasteiger partial charge < -0.3 is 10.1 Å². The molecule has 0 saturated heterocycles. The van der Waals surface area contributed by atoms with Gasteiger partial charge in [0, 0.05) is 5.69 Å². The van der Waals surface area contributed by atoms with Gasteiger partial charge in [0.25, 0.3) is 0 Å². The van der Waals surface area contributed by atoms with Crippen LogP contribution in [0.4, 0.5) is 5.69 Å². The maximum Gasteiger partial charge on any atom is 0.209 e. The lowest BCUT2D eigenvalue weighted by atomic mass is 10.1. The number of benzene rings is 2. The Labute approximate surface area is 165 Å². The van der Waals surface area contributed by atoms with Crippen molar-refractivity contribution in [3.8, 4) is 5.75 Å². The highest BCUT2D eigenvalue weighted by Gasteiger charge is 2.10. The summed E-state index contributed by atoms with van der Waals surface area (Å²) >= 11 is 5.15. The number of ether oxygens (including phenoxy) is 1. The van der Waals surface area contributed by atoms with E-state index < -0.39 is 0 Å². The number of anilines is 1. The zero-order chi connectivity index (χ0) is 19.3. The summed E-state index contributed by atoms with van der Waals surface area (Å²) in [7, 11) is 0. The number of Topliss-reactive ketones (excluding diaryl/α,β-unsaturated/α-hetero) is 1. The van der Waals surface area contributed by atoms with Crippen molar-refractivity contribution < 1.29 is 9.53 Å². The number of hydrogen-bond donors (Lipinski definition) is 2. The Morgan fingerprint density at radius 1 is 1.07 bits per heavy atom. The first-order chi connectivity index (χ1) is 13.2. The van der Waals surface area contributed by atoms with Gasteiger partial charge >= 0.3 is 0 Å². The van der Waals surface area contributed by atoms with Gasteiger partial charge in [-0.05, 0) is 42.9 Å². The van der Waals surface area contributed by atoms with E-state index in [-0.39, 0.29) is 5.78 Å². The molecule has 0 aliphatic carbocycles. The van der Waals surface area contributed by atoms with Crippen LogP contribution in [0.15, 0.2) is 59.7 Å². The van der Waals surface area contributed by atoms with Crippen LogP contribution in [0.25, 0.3) is 0 Å². The highest BCUT2D eigenvalue weighted by Crippen LogP contribution is 2.18. The third-order valence-corrected chi connectivity index (χ3v) is 3.98. The number of carbonyl (C=O) groups excluding carboxylic acids is 1. The van der Waals surface area contributed by atoms with Crippen LogP contribution in [0.2, 0.25) is 0 Å². The maximum atomic E-state index is 12.4. The SMILES string of the molecule is CCCCCCOc1ccccc1C(=O)/C=N/NC(=S)Nc1ccccc1. The van der Waals surface area contributed by atoms with E-state index in [1.54, 1.807) is 18.2 Å². The fraction of sp³-hybridized carbons (Fsp3) is 0.286. The molecule has 142 valence electrons. The maximum absolute atomic E-state index is 12.4. The van der Waals surface area contributed by atoms with Gasteiger partial charge in [0.2, 0.25) is 5.78 Å². The van der Waals surface area contributed by atoms with Crippen LogP contribution < -0.4 is 15.5 Å². The Morgan fingerprint density at radius 3 is 2.59 bits per heavy atom. The summed E-state index contributed by atoms with van der Waals surface area (Å²) in [6.07, 6.45) is 5.69. The third kappa shape index (κ3) is 7.58. The number of thiocarbonyl (C=S) groups is 1. The van der Waals surface area contributed by atoms with E-state index in [2.05, 4.69) is 22.8 Å². The van der Waals surface area contributed by atoms with E-state index in [0.29, 0.717) is 23.0 Å². The molecule has 2 rings (SSSR count). The summed E-state index contributed by atoms with van der Waals surface area (Å²) in [6.45, 7) is 2.77. The van der Waals surface area contributed by atoms with E-state index in [0.717, 1.165) is 18.5 Å². The lowest BCUT2D eigenvalue weighted by Crippen LogP contribution is -2.24. The normalized spacial score (nSPS) is 10.6. The lowest BCUT2D eigenvalue weighted by molar-refractivity contribution is 0.106. The van der Waals surface area contributed by atoms with Crippen molar-refractivity contribution >= 4 is 35.0 Å². The molecule has 5 nitrogen and oxygen atoms in total. The highest BCUT2D eigenvalue weighted by atomic mass is 32.1. The highest BCUT2D eigenvalue weighted by molar-refractivity contribution is 7.80. The monoisotopic (exact) mass is 383 g/mol. The average Bonchev–Trinajstić information content (AvgIpc) is 2.69. The average molecular weight is 384 g/mol. The molecule has 0 bridgehead atoms. The first-order valence-electron chi connectivity index (χ1n) is 9.12. The fourth-order valence-corrected chi connectivity index (χ4v) is 2.58. The van der Waals surface area contributed by atoms with E-state index in [9.17, 15) is 4.79 Å². The van der Waals surface area contributed by atoms with Gasteiger partial charge in [0.05, 0.1) is 18.4 Å². The van der Waals surface area contributed by atoms with Crippen LogP contribution in [0, 0.1) is 0 Å². The molecule has 2 N–H and O–H groups in total. The lowest BCUT2D eigenvalue weighted by Gasteiger charge is -2.09. The molecule has 0 aliphatic rings. The smallest absolute Gasteiger partial charge is 0.209 e. The number of hydrazone groups is 1. The number of unbranched alkanes of at least 4 members (excludes halogenated alkanes) is 3. The van der Waals surface area contributed by atoms with Crippen molar-refractivity contribution in [2.45, 2.75) is 32.6 Å². The second-order valence-electron chi connectivity index (χ2n) is 5.96. The number of ketones is 1. The Balaban J connectivity index is 1.85. The first-order valence-corrected chi connectivity index (χ1v) is 9.52. The molecule has 0 fully saturated rings. The van der Waals surface area contributed by atoms with Crippen LogP contribution in [0.5, 0.6) is 5.75 Å². The molecule has 2 aromatic rings. The van der Waals surface area contributed by atoms with Gasteiger partial charge in [-0.15, -0.1) is 0 Å². The van der Waals surface area contributed by atoms with Crippen molar-refractivity contribution in [2.24, 2.45) is 5.10 Å². The predicted octanol–water partition coefficient (Wildman–Crippen LogP) is 4.80. The summed E-state index contributed by atoms with van der Waals surface area (Å²) in [6, 6.07) is 16.7. The minimum absolute atomic E-state index is 0.242. The Morgan fingerprint density at radius 2 is 1.81 bits per heavy atom. The van der Waals surface area contributed by atoms with E-state index in [1.165, 1.54) is 19.1 Å². The summed E-state index contributed by atoms with van der Waals surface area (Å²) in [4.78, 5) is 12.4. The van der Waals surface area contributed by atoms with Crippen molar-refractivity contribution in [1.29, 1.82) is 0 Å². The number of hydrogen-bond acceptors (Lipinski definition) is 4. The fourth-order valence-electron chi connectivity index (χ4n) is 2.41. The third-order valence-electron chi connectivity index (χ3n) is 3.79. The minimum atomic E-state index is -0.242. The molecule has 0 amide bonds. The summed E-state index contributed by atoms with van der Waals surface area (Å²) in [5, 5.41) is 7.21. The van der Waals surface area contributed by atoms with Crippen molar-refractivity contribution in [3.05, 3.63) is 60.2 Å². The molecule has 0 spiro atoms. The molecule has 0 aliphatic heterocycles. The van der Waals surface area contributed by atoms with Gasteiger partial charge in [-0.2, -0.15) is 5.10 Å². The molecule has 0 radical (unpaired) electrons. The van der Waals surface area contributed by atoms with Crippen molar-refractivity contribution in [3.63, 3.8) is 0 Å². The predicted molar refractivity (Wildman–Crippen MR) is 115 cm³/mol. The first kappa shape index (κ1) is 20.6. The van der Waals surface area contributed by atoms with Crippen LogP contribution in [0.1, 0.15) is 43.0 Å². The number of nitrogens with zero attached hydrogens (tertiary/aromatic N) is 1. The zero-order valence-corrected chi connectivity index (χ0v) is 16.3. The molecule has 0 aromatic heterocycles. The quantitative estimate of drug-likeness (QED) is 0.203. The molecule has 2 aromatic carbocycles. The minimum Gasteiger partial charge on any atom is -0.493 e. The van der Waals surface area contributed by atoms with Gasteiger partial charge in [0.15, 0.2) is 5.11 Å². The summed E-state index contributed by atoms with van der Waals surface area (Å²) in [5.74, 6) is 0.338. The van der Waals surface area contributed by atoms with E-state index in [1.807, 2.05) is 36.4 Å². The standard InChI is InChI=1S/C21H25N3O2S/c1-2-3-4-10-15-26-20-14-9-8-13-18(20)19(25)16-22-24-21(27)23-17-11-6-5-7-12-17/h5-9,11-14,16H,2-4,10,15H2,1H3,(H2,23,24,27)/b22-16+. The van der Waals surface area contributed by atoms with E-state index in [4.69, 9.17) is 17.0 Å². The van der Waals surface area contributed by atoms with Crippen LogP contribution in [-0.4, -0.2) is 23.7 Å². The number of nitrogens with one attached hydrogen (secondary N) is 2. The second kappa shape index (κ2) is 11.8. The Hall–Kier alpha value is -2.73. The molecule has 0 saturated carbocycles. The largest absolute Gasteiger partial charge is 0.493 e. The van der Waals surface area contributed by atoms with Gasteiger partial charge in [0.1, 0.15) is 5.75 Å². The molecule has 0 heterocycles. The van der Waals surface area contributed by atoms with Crippen LogP contribution in [-0.2, 0) is 0 Å². The molecule has 0 unspecified atom stereocenters. The van der Waals surface area contributed by atoms with Gasteiger partial charge in [-0.25, -0.2) is 0 Å². The van der Waals surface area contributed by atoms with Crippen LogP contribution >= 0.6 is 12.2 Å². The van der Waals surface area contributed by atoms with Crippen molar-refractivity contribution in [1.82, 2.24) is 5.43 Å². The number of para-hydroxylation sites is 2. The van der Waals surface area contributed by atoms with Crippen LogP contribution in [0.3, 0.4) is 0 Å². The second-order valence-corrected chi connectivity index (χ2v) is 6.37. The summed E-state index contributed by atoms with van der Waals surface area (Å²) < 4.78 is 5.77. The number of rotatable bonds is 10. The number of carbonyl (C=O) groups is 1. The Kier molecular flexibility index (Phi) is 9.00. The Bertz CT molecular complexity index is 763. The van der Waals surface area contributed by atoms with Gasteiger partial charge in [-0.1, -0.05) is 56.5 Å². The van der Waals surface area contributed by atoms with Crippen molar-refractivity contribution in [2.75, 3.05) is 11.9 Å².